The van der Waals surface area contributed by atoms with Crippen LogP contribution in [-0.2, 0) is 50.2 Å². The third kappa shape index (κ3) is 20.6. The average molecular weight is 1130 g/mol. The number of rotatable bonds is 16. The van der Waals surface area contributed by atoms with E-state index in [0.717, 1.165) is 12.8 Å². The molecule has 2 aliphatic heterocycles. The van der Waals surface area contributed by atoms with Crippen LogP contribution in [0.5, 0.6) is 11.5 Å². The van der Waals surface area contributed by atoms with Crippen molar-refractivity contribution in [1.29, 1.82) is 0 Å². The van der Waals surface area contributed by atoms with Crippen molar-refractivity contribution in [2.24, 2.45) is 11.8 Å². The molecule has 3 aromatic carbocycles. The summed E-state index contributed by atoms with van der Waals surface area (Å²) in [6.45, 7) is 33.7. The lowest BCUT2D eigenvalue weighted by Crippen LogP contribution is -2.46. The van der Waals surface area contributed by atoms with Crippen LogP contribution >= 0.6 is 0 Å². The second-order valence-electron chi connectivity index (χ2n) is 23.6. The number of hydrogen-bond donors (Lipinski definition) is 1. The molecule has 3 aromatic rings. The lowest BCUT2D eigenvalue weighted by atomic mass is 9.93. The summed E-state index contributed by atoms with van der Waals surface area (Å²) < 4.78 is 41.7. The van der Waals surface area contributed by atoms with Crippen LogP contribution in [0.25, 0.3) is 0 Å². The van der Waals surface area contributed by atoms with Gasteiger partial charge in [-0.2, -0.15) is 0 Å². The molecule has 0 unspecified atom stereocenters. The zero-order valence-electron chi connectivity index (χ0n) is 49.4. The Kier molecular flexibility index (Phi) is 25.6. The smallest absolute Gasteiger partial charge is 0.343 e. The number of aromatic hydroxyl groups is 1. The fourth-order valence-electron chi connectivity index (χ4n) is 8.37. The highest BCUT2D eigenvalue weighted by Gasteiger charge is 2.42. The molecule has 0 aliphatic carbocycles. The van der Waals surface area contributed by atoms with Crippen molar-refractivity contribution in [2.75, 3.05) is 13.2 Å². The van der Waals surface area contributed by atoms with Gasteiger partial charge in [-0.25, -0.2) is 24.0 Å². The van der Waals surface area contributed by atoms with E-state index >= 15 is 0 Å². The minimum Gasteiger partial charge on any atom is -0.507 e. The molecule has 434 valence electrons. The van der Waals surface area contributed by atoms with E-state index in [-0.39, 0.29) is 76.4 Å². The molecule has 0 saturated heterocycles. The van der Waals surface area contributed by atoms with E-state index in [1.807, 2.05) is 30.4 Å². The molecule has 0 aromatic heterocycles. The van der Waals surface area contributed by atoms with E-state index in [1.54, 1.807) is 54.6 Å². The van der Waals surface area contributed by atoms with Gasteiger partial charge >= 0.3 is 29.8 Å². The van der Waals surface area contributed by atoms with Crippen molar-refractivity contribution in [3.05, 3.63) is 168 Å². The van der Waals surface area contributed by atoms with Crippen molar-refractivity contribution in [2.45, 2.75) is 167 Å². The number of phenols is 1. The molecule has 0 fully saturated rings. The highest BCUT2D eigenvalue weighted by atomic mass is 28.4. The average Bonchev–Trinajstić information content (AvgIpc) is 3.38. The zero-order chi connectivity index (χ0) is 59.3. The third-order valence-electron chi connectivity index (χ3n) is 15.2. The summed E-state index contributed by atoms with van der Waals surface area (Å²) >= 11 is 0. The van der Waals surface area contributed by atoms with Crippen LogP contribution in [0.15, 0.2) is 141 Å². The first-order valence-corrected chi connectivity index (χ1v) is 33.7. The Morgan fingerprint density at radius 2 is 1.06 bits per heavy atom. The minimum absolute atomic E-state index is 0.0102. The van der Waals surface area contributed by atoms with Gasteiger partial charge in [-0.15, -0.1) is 0 Å². The Labute approximate surface area is 478 Å². The summed E-state index contributed by atoms with van der Waals surface area (Å²) in [5.41, 5.74) is 2.15. The van der Waals surface area contributed by atoms with Gasteiger partial charge in [0, 0.05) is 37.8 Å². The number of esters is 5. The van der Waals surface area contributed by atoms with Gasteiger partial charge in [-0.05, 0) is 109 Å². The summed E-state index contributed by atoms with van der Waals surface area (Å²) in [5.74, 6) is -2.35. The number of hydrogen-bond acceptors (Lipinski definition) is 13. The Hall–Kier alpha value is -6.40. The molecule has 0 saturated carbocycles. The molecule has 0 radical (unpaired) electrons. The summed E-state index contributed by atoms with van der Waals surface area (Å²) in [7, 11) is -4.28. The maximum Gasteiger partial charge on any atom is 0.343 e. The first-order chi connectivity index (χ1) is 37.7. The van der Waals surface area contributed by atoms with Crippen LogP contribution in [0.1, 0.15) is 136 Å². The molecule has 15 heteroatoms. The minimum atomic E-state index is -2.18. The molecule has 2 aliphatic rings. The van der Waals surface area contributed by atoms with Crippen LogP contribution in [0.2, 0.25) is 36.3 Å². The van der Waals surface area contributed by atoms with Crippen molar-refractivity contribution in [3.8, 4) is 11.5 Å². The van der Waals surface area contributed by atoms with E-state index < -0.39 is 58.7 Å². The van der Waals surface area contributed by atoms with E-state index in [4.69, 9.17) is 32.5 Å². The van der Waals surface area contributed by atoms with Gasteiger partial charge in [0.1, 0.15) is 48.0 Å². The molecule has 0 spiro atoms. The van der Waals surface area contributed by atoms with Gasteiger partial charge in [0.05, 0.1) is 17.8 Å². The lowest BCUT2D eigenvalue weighted by molar-refractivity contribution is -0.137. The molecule has 1 N–H and O–H groups in total. The van der Waals surface area contributed by atoms with Crippen molar-refractivity contribution < 1.29 is 61.6 Å². The quantitative estimate of drug-likeness (QED) is 0.0359. The summed E-state index contributed by atoms with van der Waals surface area (Å²) in [4.78, 5) is 64.2. The zero-order valence-corrected chi connectivity index (χ0v) is 51.4. The van der Waals surface area contributed by atoms with E-state index in [2.05, 4.69) is 107 Å². The van der Waals surface area contributed by atoms with Crippen LogP contribution < -0.4 is 4.74 Å². The summed E-state index contributed by atoms with van der Waals surface area (Å²) in [6, 6.07) is 18.9. The molecule has 0 bridgehead atoms. The number of benzene rings is 3. The van der Waals surface area contributed by atoms with Crippen LogP contribution in [0.3, 0.4) is 0 Å². The second-order valence-corrected chi connectivity index (χ2v) is 33.1. The number of ether oxygens (including phenoxy) is 5. The number of phenolic OH excluding ortho intramolecular Hbond substituents is 1. The van der Waals surface area contributed by atoms with Gasteiger partial charge in [0.15, 0.2) is 16.6 Å². The largest absolute Gasteiger partial charge is 0.507 e. The highest BCUT2D eigenvalue weighted by Crippen LogP contribution is 2.41. The maximum atomic E-state index is 13.9. The Morgan fingerprint density at radius 3 is 1.51 bits per heavy atom. The van der Waals surface area contributed by atoms with Crippen molar-refractivity contribution >= 4 is 46.5 Å². The first-order valence-electron chi connectivity index (χ1n) is 27.8. The molecule has 0 amide bonds. The topological polar surface area (TPSA) is 170 Å². The summed E-state index contributed by atoms with van der Waals surface area (Å²) in [5, 5.41) is 10.5. The van der Waals surface area contributed by atoms with Crippen molar-refractivity contribution in [1.82, 2.24) is 0 Å². The fraction of sp³-hybridized carbons (Fsp3) is 0.462. The molecule has 80 heavy (non-hydrogen) atoms. The van der Waals surface area contributed by atoms with Crippen LogP contribution in [0, 0.1) is 11.8 Å². The predicted octanol–water partition coefficient (Wildman–Crippen LogP) is 14.5. The van der Waals surface area contributed by atoms with Gasteiger partial charge in [-0.1, -0.05) is 160 Å². The Morgan fingerprint density at radius 1 is 0.625 bits per heavy atom. The molecule has 2 heterocycles. The van der Waals surface area contributed by atoms with Gasteiger partial charge in [-0.3, -0.25) is 0 Å². The number of fused-ring (bicyclic) bond motifs is 2. The van der Waals surface area contributed by atoms with Gasteiger partial charge < -0.3 is 37.6 Å². The SMILES string of the molecule is C=CCOC(=O)/C=C/C[C@H]1C[C@@H](O[Si](C)(C)C(C)(C)C)[C@@H](C)C/C=C/Cc2cccc(O)c2C(=O)O1.C=CCOC(=O)/C=C/C[C@H]1C[C@@H](O[Si](C)(C)C(C)(C)C)[C@@H](C)C/C=C/Cc2cccc(OC(=O)c3ccccc3)c2C(=O)O1. The third-order valence-corrected chi connectivity index (χ3v) is 24.2. The van der Waals surface area contributed by atoms with E-state index in [9.17, 15) is 29.1 Å². The number of carbonyl (C=O) groups excluding carboxylic acids is 5. The van der Waals surface area contributed by atoms with E-state index in [1.165, 1.54) is 30.4 Å². The van der Waals surface area contributed by atoms with Crippen molar-refractivity contribution in [3.63, 3.8) is 0 Å². The Balaban J connectivity index is 0.000000352. The maximum absolute atomic E-state index is 13.9. The fourth-order valence-corrected chi connectivity index (χ4v) is 11.3. The molecular weight excluding hydrogens is 1040 g/mol. The molecule has 5 rings (SSSR count). The highest BCUT2D eigenvalue weighted by molar-refractivity contribution is 6.74. The normalized spacial score (nSPS) is 21.4. The monoisotopic (exact) mass is 1130 g/mol. The number of carbonyl (C=O) groups is 5. The van der Waals surface area contributed by atoms with Gasteiger partial charge in [0.25, 0.3) is 0 Å². The number of cyclic esters (lactones) is 2. The van der Waals surface area contributed by atoms with Crippen LogP contribution in [-0.4, -0.2) is 89.2 Å². The number of allylic oxidation sites excluding steroid dienone is 4. The molecule has 13 nitrogen and oxygen atoms in total. The first kappa shape index (κ1) is 66.1. The van der Waals surface area contributed by atoms with Crippen LogP contribution in [0.4, 0.5) is 0 Å². The predicted molar refractivity (Wildman–Crippen MR) is 321 cm³/mol. The summed E-state index contributed by atoms with van der Waals surface area (Å²) in [6.07, 6.45) is 19.9. The molecule has 6 atom stereocenters. The van der Waals surface area contributed by atoms with Gasteiger partial charge in [0.2, 0.25) is 0 Å². The Bertz CT molecular complexity index is 2690. The lowest BCUT2D eigenvalue weighted by Gasteiger charge is -2.41. The molecular formula is C65H88O13Si2. The standard InChI is InChI=1S/C36H46O7Si.C29H42O6Si/c1-8-24-40-32(37)23-15-21-29-25-31(43-44(6,7)36(3,4)5)26(2)16-12-13-17-27-20-14-22-30(33(27)35(39)41-29)42-34(38)28-18-10-9-11-19-28;1-8-19-33-26(31)18-12-16-23-20-25(35-36(6,7)29(3,4)5)21(2)13-9-10-14-22-15-11-17-24(30)27(22)28(32)34-23/h8-15,18-20,22-23,26,29,31H,1,16-17,21,24-25H2,2-7H3;8-12,15,17-18,21,23,25,30H,1,13-14,16,19-20H2,2-7H3/b13-12+,23-15+;10-9+,18-12+/t26-,29-,31+;21-,23-,25+/m00/s1. The van der Waals surface area contributed by atoms with E-state index in [0.29, 0.717) is 48.8 Å². The second kappa shape index (κ2) is 31.0.